The highest BCUT2D eigenvalue weighted by Crippen LogP contribution is 2.28. The molecule has 2 heterocycles. The smallest absolute Gasteiger partial charge is 0.265 e. The summed E-state index contributed by atoms with van der Waals surface area (Å²) in [5, 5.41) is 1.00. The van der Waals surface area contributed by atoms with Gasteiger partial charge in [0.05, 0.1) is 30.0 Å². The van der Waals surface area contributed by atoms with Crippen molar-refractivity contribution in [3.8, 4) is 0 Å². The molecule has 0 N–H and O–H groups in total. The third-order valence-corrected chi connectivity index (χ3v) is 4.64. The molecule has 1 fully saturated rings. The number of aromatic nitrogens is 1. The Kier molecular flexibility index (Phi) is 3.97. The van der Waals surface area contributed by atoms with Crippen molar-refractivity contribution in [3.63, 3.8) is 0 Å². The van der Waals surface area contributed by atoms with E-state index < -0.39 is 0 Å². The van der Waals surface area contributed by atoms with Gasteiger partial charge >= 0.3 is 0 Å². The van der Waals surface area contributed by atoms with Gasteiger partial charge in [0.15, 0.2) is 0 Å². The molecular formula is C14H22N2O2S. The van der Waals surface area contributed by atoms with Crippen LogP contribution in [0.25, 0.3) is 0 Å². The Morgan fingerprint density at radius 2 is 2.16 bits per heavy atom. The van der Waals surface area contributed by atoms with Gasteiger partial charge in [-0.05, 0) is 13.8 Å². The predicted octanol–water partition coefficient (Wildman–Crippen LogP) is 2.69. The van der Waals surface area contributed by atoms with Crippen molar-refractivity contribution in [2.45, 2.75) is 52.2 Å². The maximum absolute atomic E-state index is 12.5. The van der Waals surface area contributed by atoms with Crippen LogP contribution in [0.5, 0.6) is 0 Å². The number of morpholine rings is 1. The molecule has 0 saturated carbocycles. The molecule has 1 aromatic heterocycles. The summed E-state index contributed by atoms with van der Waals surface area (Å²) in [5.74, 6) is 0.0793. The molecule has 0 unspecified atom stereocenters. The monoisotopic (exact) mass is 282 g/mol. The highest BCUT2D eigenvalue weighted by molar-refractivity contribution is 7.13. The minimum Gasteiger partial charge on any atom is -0.375 e. The van der Waals surface area contributed by atoms with Gasteiger partial charge < -0.3 is 9.64 Å². The highest BCUT2D eigenvalue weighted by atomic mass is 32.1. The molecule has 0 spiro atoms. The Balaban J connectivity index is 2.17. The fraction of sp³-hybridized carbons (Fsp3) is 0.714. The maximum atomic E-state index is 12.5. The average molecular weight is 282 g/mol. The molecule has 2 atom stereocenters. The molecule has 1 aliphatic rings. The van der Waals surface area contributed by atoms with E-state index in [2.05, 4.69) is 25.8 Å². The predicted molar refractivity (Wildman–Crippen MR) is 76.7 cm³/mol. The fourth-order valence-electron chi connectivity index (χ4n) is 2.05. The summed E-state index contributed by atoms with van der Waals surface area (Å²) in [7, 11) is 0. The summed E-state index contributed by atoms with van der Waals surface area (Å²) in [5.41, 5.74) is -0.00683. The molecule has 0 bridgehead atoms. The molecule has 4 nitrogen and oxygen atoms in total. The number of rotatable bonds is 1. The molecule has 0 radical (unpaired) electrons. The SMILES string of the molecule is C[C@@H]1CN(C(=O)c2cnc(C(C)(C)C)s2)[C@@H](C)CO1. The van der Waals surface area contributed by atoms with Crippen LogP contribution in [0.15, 0.2) is 6.20 Å². The molecular weight excluding hydrogens is 260 g/mol. The van der Waals surface area contributed by atoms with E-state index in [9.17, 15) is 4.79 Å². The van der Waals surface area contributed by atoms with Gasteiger partial charge in [0, 0.05) is 12.0 Å². The van der Waals surface area contributed by atoms with Crippen molar-refractivity contribution >= 4 is 17.2 Å². The lowest BCUT2D eigenvalue weighted by atomic mass is 9.98. The number of amides is 1. The molecule has 1 aliphatic heterocycles. The molecule has 1 saturated heterocycles. The molecule has 1 aromatic rings. The summed E-state index contributed by atoms with van der Waals surface area (Å²) in [6, 6.07) is 0.129. The Morgan fingerprint density at radius 1 is 1.47 bits per heavy atom. The number of carbonyl (C=O) groups excluding carboxylic acids is 1. The van der Waals surface area contributed by atoms with Crippen molar-refractivity contribution in [2.75, 3.05) is 13.2 Å². The Bertz CT molecular complexity index is 464. The van der Waals surface area contributed by atoms with Gasteiger partial charge in [0.25, 0.3) is 5.91 Å². The van der Waals surface area contributed by atoms with Crippen molar-refractivity contribution in [1.29, 1.82) is 0 Å². The highest BCUT2D eigenvalue weighted by Gasteiger charge is 2.30. The summed E-state index contributed by atoms with van der Waals surface area (Å²) in [6.45, 7) is 11.6. The second kappa shape index (κ2) is 5.21. The lowest BCUT2D eigenvalue weighted by Gasteiger charge is -2.36. The van der Waals surface area contributed by atoms with Crippen LogP contribution in [0.1, 0.15) is 49.3 Å². The van der Waals surface area contributed by atoms with Gasteiger partial charge in [-0.1, -0.05) is 20.8 Å². The Morgan fingerprint density at radius 3 is 2.74 bits per heavy atom. The van der Waals surface area contributed by atoms with Crippen molar-refractivity contribution < 1.29 is 9.53 Å². The van der Waals surface area contributed by atoms with Crippen molar-refractivity contribution in [2.24, 2.45) is 0 Å². The molecule has 0 aromatic carbocycles. The number of ether oxygens (including phenoxy) is 1. The van der Waals surface area contributed by atoms with Crippen LogP contribution >= 0.6 is 11.3 Å². The molecule has 19 heavy (non-hydrogen) atoms. The van der Waals surface area contributed by atoms with Gasteiger partial charge in [-0.25, -0.2) is 4.98 Å². The van der Waals surface area contributed by atoms with Crippen LogP contribution in [0.3, 0.4) is 0 Å². The van der Waals surface area contributed by atoms with Crippen molar-refractivity contribution in [3.05, 3.63) is 16.1 Å². The molecule has 2 rings (SSSR count). The minimum atomic E-state index is -0.00683. The first-order valence-electron chi connectivity index (χ1n) is 6.68. The third kappa shape index (κ3) is 3.15. The minimum absolute atomic E-state index is 0.00683. The number of hydrogen-bond donors (Lipinski definition) is 0. The normalized spacial score (nSPS) is 24.6. The maximum Gasteiger partial charge on any atom is 0.265 e. The Hall–Kier alpha value is -0.940. The topological polar surface area (TPSA) is 42.4 Å². The molecule has 1 amide bonds. The van der Waals surface area contributed by atoms with E-state index in [0.717, 1.165) is 9.88 Å². The van der Waals surface area contributed by atoms with E-state index in [-0.39, 0.29) is 23.5 Å². The van der Waals surface area contributed by atoms with Gasteiger partial charge in [0.2, 0.25) is 0 Å². The van der Waals surface area contributed by atoms with Crippen molar-refractivity contribution in [1.82, 2.24) is 9.88 Å². The van der Waals surface area contributed by atoms with E-state index in [1.807, 2.05) is 18.7 Å². The zero-order chi connectivity index (χ0) is 14.2. The number of carbonyl (C=O) groups is 1. The quantitative estimate of drug-likeness (QED) is 0.795. The van der Waals surface area contributed by atoms with Crippen LogP contribution in [-0.4, -0.2) is 41.1 Å². The summed E-state index contributed by atoms with van der Waals surface area (Å²) < 4.78 is 5.56. The first kappa shape index (κ1) is 14.5. The number of nitrogens with zero attached hydrogens (tertiary/aromatic N) is 2. The second-order valence-corrected chi connectivity index (χ2v) is 7.26. The Labute approximate surface area is 118 Å². The lowest BCUT2D eigenvalue weighted by Crippen LogP contribution is -2.50. The number of thiazole rings is 1. The van der Waals surface area contributed by atoms with Crippen LogP contribution in [0.4, 0.5) is 0 Å². The van der Waals surface area contributed by atoms with Gasteiger partial charge in [0.1, 0.15) is 4.88 Å². The van der Waals surface area contributed by atoms with Gasteiger partial charge in [-0.15, -0.1) is 11.3 Å². The van der Waals surface area contributed by atoms with Gasteiger partial charge in [-0.3, -0.25) is 4.79 Å². The van der Waals surface area contributed by atoms with E-state index in [4.69, 9.17) is 4.74 Å². The summed E-state index contributed by atoms with van der Waals surface area (Å²) in [6.07, 6.45) is 1.82. The second-order valence-electron chi connectivity index (χ2n) is 6.23. The first-order valence-corrected chi connectivity index (χ1v) is 7.49. The van der Waals surface area contributed by atoms with E-state index >= 15 is 0 Å². The zero-order valence-electron chi connectivity index (χ0n) is 12.3. The van der Waals surface area contributed by atoms with Crippen LogP contribution < -0.4 is 0 Å². The number of hydrogen-bond acceptors (Lipinski definition) is 4. The van der Waals surface area contributed by atoms with Gasteiger partial charge in [-0.2, -0.15) is 0 Å². The van der Waals surface area contributed by atoms with Crippen LogP contribution in [0, 0.1) is 0 Å². The van der Waals surface area contributed by atoms with Crippen LogP contribution in [-0.2, 0) is 10.2 Å². The average Bonchev–Trinajstić information content (AvgIpc) is 2.80. The molecule has 106 valence electrons. The summed E-state index contributed by atoms with van der Waals surface area (Å²) >= 11 is 1.50. The molecule has 0 aliphatic carbocycles. The zero-order valence-corrected chi connectivity index (χ0v) is 13.1. The first-order chi connectivity index (χ1) is 8.79. The van der Waals surface area contributed by atoms with E-state index in [1.165, 1.54) is 11.3 Å². The summed E-state index contributed by atoms with van der Waals surface area (Å²) in [4.78, 5) is 19.5. The third-order valence-electron chi connectivity index (χ3n) is 3.23. The van der Waals surface area contributed by atoms with E-state index in [1.54, 1.807) is 6.20 Å². The van der Waals surface area contributed by atoms with Crippen LogP contribution in [0.2, 0.25) is 0 Å². The standard InChI is InChI=1S/C14H22N2O2S/c1-9-8-18-10(2)7-16(9)12(17)11-6-15-13(19-11)14(3,4)5/h6,9-10H,7-8H2,1-5H3/t9-,10+/m0/s1. The largest absolute Gasteiger partial charge is 0.375 e. The van der Waals surface area contributed by atoms with E-state index in [0.29, 0.717) is 13.2 Å². The molecule has 5 heteroatoms. The lowest BCUT2D eigenvalue weighted by molar-refractivity contribution is -0.0385. The fourth-order valence-corrected chi connectivity index (χ4v) is 2.98.